The molecule has 26 heavy (non-hydrogen) atoms. The standard InChI is InChI=1S/C18H18N6O2/c25-17(15-8-4-5-9-19-15)20-10-11-24-13-16(22-23-24)18(26)21-12-14-6-2-1-3-7-14/h1-9,13H,10-12H2,(H,20,25)(H,21,26). The van der Waals surface area contributed by atoms with Crippen LogP contribution in [0.15, 0.2) is 60.9 Å². The van der Waals surface area contributed by atoms with E-state index in [-0.39, 0.29) is 17.5 Å². The molecule has 132 valence electrons. The van der Waals surface area contributed by atoms with E-state index in [1.54, 1.807) is 30.6 Å². The number of aromatic nitrogens is 4. The van der Waals surface area contributed by atoms with Crippen molar-refractivity contribution >= 4 is 11.8 Å². The average molecular weight is 350 g/mol. The molecule has 2 aromatic heterocycles. The van der Waals surface area contributed by atoms with Gasteiger partial charge in [0.05, 0.1) is 12.7 Å². The molecular weight excluding hydrogens is 332 g/mol. The third-order valence-electron chi connectivity index (χ3n) is 3.59. The molecule has 0 saturated heterocycles. The Bertz CT molecular complexity index is 864. The highest BCUT2D eigenvalue weighted by Crippen LogP contribution is 1.99. The van der Waals surface area contributed by atoms with Gasteiger partial charge in [-0.25, -0.2) is 4.68 Å². The van der Waals surface area contributed by atoms with Crippen molar-refractivity contribution in [1.82, 2.24) is 30.6 Å². The van der Waals surface area contributed by atoms with E-state index in [9.17, 15) is 9.59 Å². The molecule has 0 aliphatic heterocycles. The number of nitrogens with zero attached hydrogens (tertiary/aromatic N) is 4. The number of carbonyl (C=O) groups excluding carboxylic acids is 2. The first-order valence-corrected chi connectivity index (χ1v) is 8.14. The molecule has 3 rings (SSSR count). The molecule has 0 fully saturated rings. The number of pyridine rings is 1. The summed E-state index contributed by atoms with van der Waals surface area (Å²) < 4.78 is 1.51. The highest BCUT2D eigenvalue weighted by Gasteiger charge is 2.11. The van der Waals surface area contributed by atoms with Crippen molar-refractivity contribution in [1.29, 1.82) is 0 Å². The lowest BCUT2D eigenvalue weighted by Crippen LogP contribution is -2.28. The van der Waals surface area contributed by atoms with Gasteiger partial charge in [-0.15, -0.1) is 5.10 Å². The van der Waals surface area contributed by atoms with Crippen LogP contribution in [0.2, 0.25) is 0 Å². The van der Waals surface area contributed by atoms with Crippen LogP contribution in [0.25, 0.3) is 0 Å². The smallest absolute Gasteiger partial charge is 0.273 e. The molecule has 0 spiro atoms. The lowest BCUT2D eigenvalue weighted by atomic mass is 10.2. The van der Waals surface area contributed by atoms with E-state index in [2.05, 4.69) is 25.9 Å². The van der Waals surface area contributed by atoms with E-state index >= 15 is 0 Å². The molecule has 2 N–H and O–H groups in total. The first-order valence-electron chi connectivity index (χ1n) is 8.14. The van der Waals surface area contributed by atoms with Crippen molar-refractivity contribution in [2.75, 3.05) is 6.54 Å². The van der Waals surface area contributed by atoms with E-state index in [4.69, 9.17) is 0 Å². The Morgan fingerprint density at radius 3 is 2.46 bits per heavy atom. The molecular formula is C18H18N6O2. The van der Waals surface area contributed by atoms with Gasteiger partial charge in [-0.05, 0) is 17.7 Å². The van der Waals surface area contributed by atoms with Crippen LogP contribution in [0, 0.1) is 0 Å². The quantitative estimate of drug-likeness (QED) is 0.663. The summed E-state index contributed by atoms with van der Waals surface area (Å²) in [6.07, 6.45) is 3.11. The summed E-state index contributed by atoms with van der Waals surface area (Å²) in [4.78, 5) is 28.0. The highest BCUT2D eigenvalue weighted by molar-refractivity contribution is 5.92. The molecule has 0 radical (unpaired) electrons. The number of hydrogen-bond donors (Lipinski definition) is 2. The molecule has 0 unspecified atom stereocenters. The normalized spacial score (nSPS) is 10.3. The molecule has 0 atom stereocenters. The fourth-order valence-corrected chi connectivity index (χ4v) is 2.25. The van der Waals surface area contributed by atoms with Gasteiger partial charge < -0.3 is 10.6 Å². The Hall–Kier alpha value is -3.55. The van der Waals surface area contributed by atoms with Crippen LogP contribution in [-0.4, -0.2) is 38.3 Å². The summed E-state index contributed by atoms with van der Waals surface area (Å²) in [5, 5.41) is 13.3. The molecule has 0 saturated carbocycles. The predicted molar refractivity (Wildman–Crippen MR) is 94.2 cm³/mol. The summed E-state index contributed by atoms with van der Waals surface area (Å²) >= 11 is 0. The third-order valence-corrected chi connectivity index (χ3v) is 3.59. The van der Waals surface area contributed by atoms with Gasteiger partial charge in [-0.2, -0.15) is 0 Å². The molecule has 0 aliphatic carbocycles. The lowest BCUT2D eigenvalue weighted by Gasteiger charge is -2.04. The molecule has 0 bridgehead atoms. The first kappa shape index (κ1) is 17.3. The Labute approximate surface area is 150 Å². The van der Waals surface area contributed by atoms with E-state index in [1.807, 2.05) is 30.3 Å². The fourth-order valence-electron chi connectivity index (χ4n) is 2.25. The maximum Gasteiger partial charge on any atom is 0.273 e. The first-order chi connectivity index (χ1) is 12.7. The average Bonchev–Trinajstić information content (AvgIpc) is 3.16. The van der Waals surface area contributed by atoms with Crippen LogP contribution < -0.4 is 10.6 Å². The Kier molecular flexibility index (Phi) is 5.66. The fraction of sp³-hybridized carbons (Fsp3) is 0.167. The van der Waals surface area contributed by atoms with E-state index < -0.39 is 0 Å². The largest absolute Gasteiger partial charge is 0.349 e. The Morgan fingerprint density at radius 2 is 1.69 bits per heavy atom. The van der Waals surface area contributed by atoms with Gasteiger partial charge in [0.25, 0.3) is 11.8 Å². The molecule has 1 aromatic carbocycles. The minimum atomic E-state index is -0.294. The Balaban J connectivity index is 1.45. The summed E-state index contributed by atoms with van der Waals surface area (Å²) in [5.74, 6) is -0.552. The zero-order chi connectivity index (χ0) is 18.2. The van der Waals surface area contributed by atoms with Gasteiger partial charge in [0, 0.05) is 19.3 Å². The molecule has 2 heterocycles. The van der Waals surface area contributed by atoms with Crippen LogP contribution >= 0.6 is 0 Å². The summed E-state index contributed by atoms with van der Waals surface area (Å²) in [6.45, 7) is 1.17. The van der Waals surface area contributed by atoms with E-state index in [1.165, 1.54) is 4.68 Å². The maximum absolute atomic E-state index is 12.1. The number of carbonyl (C=O) groups is 2. The van der Waals surface area contributed by atoms with Gasteiger partial charge in [0.15, 0.2) is 5.69 Å². The van der Waals surface area contributed by atoms with Crippen molar-refractivity contribution in [2.45, 2.75) is 13.1 Å². The minimum Gasteiger partial charge on any atom is -0.349 e. The number of hydrogen-bond acceptors (Lipinski definition) is 5. The molecule has 2 amide bonds. The zero-order valence-electron chi connectivity index (χ0n) is 14.0. The number of rotatable bonds is 7. The van der Waals surface area contributed by atoms with Gasteiger partial charge in [-0.1, -0.05) is 41.6 Å². The van der Waals surface area contributed by atoms with Crippen molar-refractivity contribution in [2.24, 2.45) is 0 Å². The predicted octanol–water partition coefficient (Wildman–Crippen LogP) is 1.03. The molecule has 0 aliphatic rings. The van der Waals surface area contributed by atoms with Crippen molar-refractivity contribution in [3.05, 3.63) is 77.9 Å². The molecule has 3 aromatic rings. The summed E-state index contributed by atoms with van der Waals surface area (Å²) in [6, 6.07) is 14.7. The van der Waals surface area contributed by atoms with Gasteiger partial charge in [0.2, 0.25) is 0 Å². The lowest BCUT2D eigenvalue weighted by molar-refractivity contribution is 0.0937. The second-order valence-corrected chi connectivity index (χ2v) is 5.51. The van der Waals surface area contributed by atoms with E-state index in [0.29, 0.717) is 25.3 Å². The maximum atomic E-state index is 12.1. The highest BCUT2D eigenvalue weighted by atomic mass is 16.2. The summed E-state index contributed by atoms with van der Waals surface area (Å²) in [7, 11) is 0. The third kappa shape index (κ3) is 4.73. The molecule has 8 nitrogen and oxygen atoms in total. The monoisotopic (exact) mass is 350 g/mol. The Morgan fingerprint density at radius 1 is 0.923 bits per heavy atom. The topological polar surface area (TPSA) is 102 Å². The zero-order valence-corrected chi connectivity index (χ0v) is 14.0. The van der Waals surface area contributed by atoms with Gasteiger partial charge in [0.1, 0.15) is 5.69 Å². The van der Waals surface area contributed by atoms with Gasteiger partial charge >= 0.3 is 0 Å². The number of amides is 2. The van der Waals surface area contributed by atoms with Gasteiger partial charge in [-0.3, -0.25) is 14.6 Å². The van der Waals surface area contributed by atoms with E-state index in [0.717, 1.165) is 5.56 Å². The summed E-state index contributed by atoms with van der Waals surface area (Å²) in [5.41, 5.74) is 1.59. The second-order valence-electron chi connectivity index (χ2n) is 5.51. The van der Waals surface area contributed by atoms with Crippen LogP contribution in [0.1, 0.15) is 26.5 Å². The SMILES string of the molecule is O=C(NCCn1cc(C(=O)NCc2ccccc2)nn1)c1ccccn1. The second kappa shape index (κ2) is 8.52. The van der Waals surface area contributed by atoms with Crippen LogP contribution in [0.4, 0.5) is 0 Å². The van der Waals surface area contributed by atoms with Crippen LogP contribution in [0.5, 0.6) is 0 Å². The molecule has 8 heteroatoms. The van der Waals surface area contributed by atoms with Crippen LogP contribution in [0.3, 0.4) is 0 Å². The minimum absolute atomic E-state index is 0.233. The van der Waals surface area contributed by atoms with Crippen molar-refractivity contribution in [3.63, 3.8) is 0 Å². The van der Waals surface area contributed by atoms with Crippen molar-refractivity contribution < 1.29 is 9.59 Å². The van der Waals surface area contributed by atoms with Crippen LogP contribution in [-0.2, 0) is 13.1 Å². The van der Waals surface area contributed by atoms with Crippen molar-refractivity contribution in [3.8, 4) is 0 Å². The number of benzene rings is 1. The number of nitrogens with one attached hydrogen (secondary N) is 2.